The number of aliphatic hydroxyl groups excluding tert-OH is 1. The van der Waals surface area contributed by atoms with Gasteiger partial charge in [0.2, 0.25) is 0 Å². The van der Waals surface area contributed by atoms with E-state index in [2.05, 4.69) is 11.9 Å². The van der Waals surface area contributed by atoms with Crippen LogP contribution in [-0.2, 0) is 6.42 Å². The molecule has 0 aliphatic rings. The average Bonchev–Trinajstić information content (AvgIpc) is 2.48. The van der Waals surface area contributed by atoms with Crippen molar-refractivity contribution in [2.24, 2.45) is 0 Å². The molecule has 0 saturated carbocycles. The van der Waals surface area contributed by atoms with Gasteiger partial charge >= 0.3 is 0 Å². The number of allylic oxidation sites excluding steroid dienone is 1. The maximum Gasteiger partial charge on any atom is 0.189 e. The molecular weight excluding hydrogens is 238 g/mol. The molecule has 3 heteroatoms. The lowest BCUT2D eigenvalue weighted by molar-refractivity contribution is 0.104. The Bertz CT molecular complexity index is 586. The van der Waals surface area contributed by atoms with Gasteiger partial charge in [0.05, 0.1) is 0 Å². The van der Waals surface area contributed by atoms with E-state index in [0.717, 1.165) is 6.42 Å². The van der Waals surface area contributed by atoms with E-state index in [9.17, 15) is 9.90 Å². The zero-order valence-electron chi connectivity index (χ0n) is 10.7. The quantitative estimate of drug-likeness (QED) is 0.516. The minimum Gasteiger partial charge on any atom is -0.507 e. The van der Waals surface area contributed by atoms with Gasteiger partial charge in [-0.05, 0) is 24.1 Å². The summed E-state index contributed by atoms with van der Waals surface area (Å²) in [6.07, 6.45) is 5.28. The number of aliphatic hydroxyl groups is 1. The van der Waals surface area contributed by atoms with E-state index in [0.29, 0.717) is 11.1 Å². The Balaban J connectivity index is 2.20. The van der Waals surface area contributed by atoms with Crippen LogP contribution in [0.3, 0.4) is 0 Å². The number of hydrogen-bond acceptors (Lipinski definition) is 3. The summed E-state index contributed by atoms with van der Waals surface area (Å²) < 4.78 is 0. The SMILES string of the molecule is CCc1ccc(C(=O)/C=C(\O)c2cccnc2)cc1. The van der Waals surface area contributed by atoms with Gasteiger partial charge in [0.25, 0.3) is 0 Å². The molecule has 0 bridgehead atoms. The summed E-state index contributed by atoms with van der Waals surface area (Å²) in [5.74, 6) is -0.290. The van der Waals surface area contributed by atoms with Gasteiger partial charge in [-0.2, -0.15) is 0 Å². The smallest absolute Gasteiger partial charge is 0.189 e. The van der Waals surface area contributed by atoms with E-state index in [4.69, 9.17) is 0 Å². The molecular formula is C16H15NO2. The van der Waals surface area contributed by atoms with Crippen LogP contribution in [0.4, 0.5) is 0 Å². The monoisotopic (exact) mass is 253 g/mol. The Morgan fingerprint density at radius 3 is 2.53 bits per heavy atom. The van der Waals surface area contributed by atoms with Gasteiger partial charge in [-0.3, -0.25) is 9.78 Å². The first-order chi connectivity index (χ1) is 9.20. The highest BCUT2D eigenvalue weighted by molar-refractivity contribution is 6.07. The fourth-order valence-corrected chi connectivity index (χ4v) is 1.71. The van der Waals surface area contributed by atoms with Crippen LogP contribution in [0.2, 0.25) is 0 Å². The summed E-state index contributed by atoms with van der Waals surface area (Å²) in [6.45, 7) is 2.06. The molecule has 2 rings (SSSR count). The van der Waals surface area contributed by atoms with Crippen molar-refractivity contribution < 1.29 is 9.90 Å². The molecule has 1 N–H and O–H groups in total. The lowest BCUT2D eigenvalue weighted by Gasteiger charge is -2.01. The van der Waals surface area contributed by atoms with Crippen molar-refractivity contribution >= 4 is 11.5 Å². The Hall–Kier alpha value is -2.42. The molecule has 0 fully saturated rings. The zero-order valence-corrected chi connectivity index (χ0v) is 10.7. The number of nitrogens with zero attached hydrogens (tertiary/aromatic N) is 1. The van der Waals surface area contributed by atoms with Gasteiger partial charge in [0.15, 0.2) is 5.78 Å². The van der Waals surface area contributed by atoms with Crippen molar-refractivity contribution in [1.29, 1.82) is 0 Å². The van der Waals surface area contributed by atoms with Gasteiger partial charge in [0.1, 0.15) is 5.76 Å². The van der Waals surface area contributed by atoms with E-state index in [1.807, 2.05) is 12.1 Å². The number of benzene rings is 1. The van der Waals surface area contributed by atoms with Crippen molar-refractivity contribution in [2.45, 2.75) is 13.3 Å². The maximum absolute atomic E-state index is 12.0. The van der Waals surface area contributed by atoms with Crippen LogP contribution in [0.25, 0.3) is 5.76 Å². The predicted molar refractivity (Wildman–Crippen MR) is 75.0 cm³/mol. The summed E-state index contributed by atoms with van der Waals surface area (Å²) >= 11 is 0. The molecule has 0 saturated heterocycles. The van der Waals surface area contributed by atoms with Gasteiger partial charge < -0.3 is 5.11 Å². The molecule has 0 aliphatic heterocycles. The number of carbonyl (C=O) groups excluding carboxylic acids is 1. The van der Waals surface area contributed by atoms with E-state index in [1.54, 1.807) is 30.5 Å². The summed E-state index contributed by atoms with van der Waals surface area (Å²) in [6, 6.07) is 10.8. The maximum atomic E-state index is 12.0. The highest BCUT2D eigenvalue weighted by atomic mass is 16.3. The fraction of sp³-hybridized carbons (Fsp3) is 0.125. The number of aryl methyl sites for hydroxylation is 1. The molecule has 96 valence electrons. The predicted octanol–water partition coefficient (Wildman–Crippen LogP) is 3.43. The number of carbonyl (C=O) groups is 1. The largest absolute Gasteiger partial charge is 0.507 e. The summed E-state index contributed by atoms with van der Waals surface area (Å²) in [5, 5.41) is 9.85. The molecule has 3 nitrogen and oxygen atoms in total. The average molecular weight is 253 g/mol. The third-order valence-electron chi connectivity index (χ3n) is 2.87. The van der Waals surface area contributed by atoms with Crippen LogP contribution >= 0.6 is 0 Å². The molecule has 0 aliphatic carbocycles. The van der Waals surface area contributed by atoms with E-state index in [1.165, 1.54) is 17.8 Å². The second-order valence-corrected chi connectivity index (χ2v) is 4.19. The van der Waals surface area contributed by atoms with Gasteiger partial charge in [-0.15, -0.1) is 0 Å². The molecule has 0 amide bonds. The number of ketones is 1. The number of pyridine rings is 1. The Morgan fingerprint density at radius 2 is 1.95 bits per heavy atom. The minimum atomic E-state index is -0.219. The molecule has 0 spiro atoms. The van der Waals surface area contributed by atoms with Crippen LogP contribution in [-0.4, -0.2) is 15.9 Å². The van der Waals surface area contributed by atoms with Crippen LogP contribution in [0.15, 0.2) is 54.9 Å². The molecule has 0 atom stereocenters. The fourth-order valence-electron chi connectivity index (χ4n) is 1.71. The number of rotatable bonds is 4. The second kappa shape index (κ2) is 5.96. The molecule has 2 aromatic rings. The Morgan fingerprint density at radius 1 is 1.21 bits per heavy atom. The summed E-state index contributed by atoms with van der Waals surface area (Å²) in [4.78, 5) is 15.9. The number of aromatic nitrogens is 1. The van der Waals surface area contributed by atoms with Crippen molar-refractivity contribution in [3.63, 3.8) is 0 Å². The van der Waals surface area contributed by atoms with Crippen molar-refractivity contribution in [3.8, 4) is 0 Å². The third-order valence-corrected chi connectivity index (χ3v) is 2.87. The topological polar surface area (TPSA) is 50.2 Å². The molecule has 0 radical (unpaired) electrons. The first kappa shape index (κ1) is 13.0. The Kier molecular flexibility index (Phi) is 4.08. The highest BCUT2D eigenvalue weighted by Crippen LogP contribution is 2.12. The second-order valence-electron chi connectivity index (χ2n) is 4.19. The number of hydrogen-bond donors (Lipinski definition) is 1. The van der Waals surface area contributed by atoms with Gasteiger partial charge in [-0.1, -0.05) is 31.2 Å². The summed E-state index contributed by atoms with van der Waals surface area (Å²) in [5.41, 5.74) is 2.27. The highest BCUT2D eigenvalue weighted by Gasteiger charge is 2.06. The van der Waals surface area contributed by atoms with E-state index >= 15 is 0 Å². The molecule has 1 aromatic heterocycles. The molecule has 19 heavy (non-hydrogen) atoms. The zero-order chi connectivity index (χ0) is 13.7. The first-order valence-electron chi connectivity index (χ1n) is 6.15. The van der Waals surface area contributed by atoms with E-state index < -0.39 is 0 Å². The minimum absolute atomic E-state index is 0.0716. The standard InChI is InChI=1S/C16H15NO2/c1-2-12-5-7-13(8-6-12)15(18)10-16(19)14-4-3-9-17-11-14/h3-11,19H,2H2,1H3/b16-10-. The molecule has 0 unspecified atom stereocenters. The van der Waals surface area contributed by atoms with Crippen LogP contribution < -0.4 is 0 Å². The van der Waals surface area contributed by atoms with Crippen LogP contribution in [0, 0.1) is 0 Å². The van der Waals surface area contributed by atoms with E-state index in [-0.39, 0.29) is 11.5 Å². The lowest BCUT2D eigenvalue weighted by atomic mass is 10.1. The molecule has 1 heterocycles. The van der Waals surface area contributed by atoms with Crippen LogP contribution in [0.1, 0.15) is 28.4 Å². The van der Waals surface area contributed by atoms with Gasteiger partial charge in [-0.25, -0.2) is 0 Å². The Labute approximate surface area is 112 Å². The third kappa shape index (κ3) is 3.28. The van der Waals surface area contributed by atoms with Gasteiger partial charge in [0, 0.05) is 29.6 Å². The lowest BCUT2D eigenvalue weighted by Crippen LogP contribution is -1.97. The van der Waals surface area contributed by atoms with Crippen LogP contribution in [0.5, 0.6) is 0 Å². The van der Waals surface area contributed by atoms with Crippen molar-refractivity contribution in [1.82, 2.24) is 4.98 Å². The normalized spacial score (nSPS) is 11.3. The first-order valence-corrected chi connectivity index (χ1v) is 6.15. The summed E-state index contributed by atoms with van der Waals surface area (Å²) in [7, 11) is 0. The van der Waals surface area contributed by atoms with Crippen molar-refractivity contribution in [2.75, 3.05) is 0 Å². The molecule has 1 aromatic carbocycles. The van der Waals surface area contributed by atoms with Crippen molar-refractivity contribution in [3.05, 3.63) is 71.6 Å².